The summed E-state index contributed by atoms with van der Waals surface area (Å²) in [6, 6.07) is 10.5. The molecule has 1 aliphatic rings. The first kappa shape index (κ1) is 24.3. The number of methoxy groups -OCH3 is 2. The number of halogens is 1. The molecule has 4 rings (SSSR count). The minimum atomic E-state index is -1.31. The van der Waals surface area contributed by atoms with Crippen molar-refractivity contribution >= 4 is 17.5 Å². The lowest BCUT2D eigenvalue weighted by molar-refractivity contribution is 0.0933. The first-order chi connectivity index (χ1) is 16.7. The molecule has 1 heterocycles. The predicted octanol–water partition coefficient (Wildman–Crippen LogP) is 3.73. The van der Waals surface area contributed by atoms with Crippen molar-refractivity contribution in [1.82, 2.24) is 10.3 Å². The molecule has 0 aliphatic heterocycles. The van der Waals surface area contributed by atoms with Gasteiger partial charge in [-0.1, -0.05) is 12.1 Å². The molecule has 9 heteroatoms. The average molecular weight is 481 g/mol. The molecule has 0 unspecified atom stereocenters. The van der Waals surface area contributed by atoms with Crippen molar-refractivity contribution in [3.63, 3.8) is 0 Å². The Bertz CT molecular complexity index is 1300. The van der Waals surface area contributed by atoms with E-state index in [2.05, 4.69) is 10.3 Å². The van der Waals surface area contributed by atoms with Crippen molar-refractivity contribution in [2.24, 2.45) is 5.73 Å². The van der Waals surface area contributed by atoms with Crippen molar-refractivity contribution < 1.29 is 23.5 Å². The average Bonchev–Trinajstić information content (AvgIpc) is 3.45. The first-order valence-corrected chi connectivity index (χ1v) is 11.2. The van der Waals surface area contributed by atoms with Gasteiger partial charge in [0.15, 0.2) is 0 Å². The van der Waals surface area contributed by atoms with Crippen LogP contribution in [0.3, 0.4) is 0 Å². The Hall–Kier alpha value is -3.85. The molecule has 3 aromatic rings. The number of aryl methyl sites for hydroxylation is 1. The molecule has 1 saturated carbocycles. The van der Waals surface area contributed by atoms with Crippen LogP contribution < -0.4 is 21.5 Å². The Balaban J connectivity index is 1.85. The monoisotopic (exact) mass is 480 g/mol. The second kappa shape index (κ2) is 9.42. The molecule has 2 aromatic carbocycles. The number of nitrogen functional groups attached to an aromatic ring is 1. The summed E-state index contributed by atoms with van der Waals surface area (Å²) in [6.07, 6.45) is 0.897. The number of hydrogen-bond donors (Lipinski definition) is 4. The van der Waals surface area contributed by atoms with E-state index in [9.17, 15) is 14.0 Å². The minimum Gasteiger partial charge on any atom is -0.496 e. The van der Waals surface area contributed by atoms with Gasteiger partial charge in [-0.15, -0.1) is 0 Å². The quantitative estimate of drug-likeness (QED) is 0.347. The fourth-order valence-electron chi connectivity index (χ4n) is 4.22. The van der Waals surface area contributed by atoms with E-state index in [4.69, 9.17) is 20.9 Å². The van der Waals surface area contributed by atoms with E-state index in [1.165, 1.54) is 7.11 Å². The van der Waals surface area contributed by atoms with Crippen LogP contribution in [0.25, 0.3) is 22.3 Å². The first-order valence-electron chi connectivity index (χ1n) is 11.2. The number of alkyl halides is 1. The number of nitrogens with two attached hydrogens (primary N) is 2. The number of aromatic amines is 1. The molecule has 0 radical (unpaired) electrons. The van der Waals surface area contributed by atoms with Gasteiger partial charge >= 0.3 is 0 Å². The van der Waals surface area contributed by atoms with E-state index >= 15 is 0 Å². The number of ether oxygens (including phenoxy) is 2. The van der Waals surface area contributed by atoms with Gasteiger partial charge in [-0.25, -0.2) is 4.39 Å². The number of primary amides is 1. The fraction of sp³-hybridized carbons (Fsp3) is 0.308. The van der Waals surface area contributed by atoms with E-state index in [0.717, 1.165) is 16.7 Å². The SMILES string of the molecule is COCc1[nH]c(C(N)=O)c(-c2ccc(C(=O)NCC3(F)CC3)c(OC)c2)c1-c1ccc(N)cc1C. The lowest BCUT2D eigenvalue weighted by atomic mass is 9.91. The molecule has 35 heavy (non-hydrogen) atoms. The zero-order valence-electron chi connectivity index (χ0n) is 20.0. The van der Waals surface area contributed by atoms with Crippen molar-refractivity contribution in [1.29, 1.82) is 0 Å². The van der Waals surface area contributed by atoms with Gasteiger partial charge in [0.1, 0.15) is 17.1 Å². The Labute approximate surface area is 202 Å². The van der Waals surface area contributed by atoms with Gasteiger partial charge in [-0.3, -0.25) is 9.59 Å². The number of benzene rings is 2. The maximum Gasteiger partial charge on any atom is 0.265 e. The number of rotatable bonds is 9. The number of amides is 2. The van der Waals surface area contributed by atoms with Crippen LogP contribution in [0.2, 0.25) is 0 Å². The zero-order valence-corrected chi connectivity index (χ0v) is 20.0. The highest BCUT2D eigenvalue weighted by Crippen LogP contribution is 2.42. The summed E-state index contributed by atoms with van der Waals surface area (Å²) in [5.74, 6) is -0.792. The Morgan fingerprint density at radius 2 is 1.89 bits per heavy atom. The van der Waals surface area contributed by atoms with Gasteiger partial charge in [-0.2, -0.15) is 0 Å². The third-order valence-electron chi connectivity index (χ3n) is 6.23. The van der Waals surface area contributed by atoms with Crippen LogP contribution in [0.15, 0.2) is 36.4 Å². The molecule has 1 aromatic heterocycles. The second-order valence-electron chi connectivity index (χ2n) is 8.85. The highest BCUT2D eigenvalue weighted by atomic mass is 19.1. The molecule has 0 saturated heterocycles. The van der Waals surface area contributed by atoms with Gasteiger partial charge < -0.3 is 31.2 Å². The van der Waals surface area contributed by atoms with Crippen LogP contribution in [0, 0.1) is 6.92 Å². The van der Waals surface area contributed by atoms with Gasteiger partial charge in [0.2, 0.25) is 0 Å². The predicted molar refractivity (Wildman–Crippen MR) is 132 cm³/mol. The van der Waals surface area contributed by atoms with Gasteiger partial charge in [-0.05, 0) is 60.7 Å². The molecule has 184 valence electrons. The van der Waals surface area contributed by atoms with Gasteiger partial charge in [0.05, 0.1) is 31.5 Å². The van der Waals surface area contributed by atoms with Crippen LogP contribution in [0.5, 0.6) is 5.75 Å². The van der Waals surface area contributed by atoms with Gasteiger partial charge in [0.25, 0.3) is 11.8 Å². The molecule has 0 atom stereocenters. The highest BCUT2D eigenvalue weighted by Gasteiger charge is 2.43. The number of carbonyl (C=O) groups is 2. The minimum absolute atomic E-state index is 0.0404. The van der Waals surface area contributed by atoms with Crippen LogP contribution in [0.1, 0.15) is 44.9 Å². The number of aromatic nitrogens is 1. The van der Waals surface area contributed by atoms with E-state index in [0.29, 0.717) is 35.3 Å². The van der Waals surface area contributed by atoms with E-state index in [1.807, 2.05) is 19.1 Å². The number of H-pyrrole nitrogens is 1. The van der Waals surface area contributed by atoms with Crippen molar-refractivity contribution in [3.8, 4) is 28.0 Å². The molecule has 6 N–H and O–H groups in total. The van der Waals surface area contributed by atoms with Crippen molar-refractivity contribution in [2.45, 2.75) is 32.0 Å². The number of nitrogens with one attached hydrogen (secondary N) is 2. The Morgan fingerprint density at radius 1 is 1.14 bits per heavy atom. The number of carbonyl (C=O) groups excluding carboxylic acids is 2. The molecular formula is C26H29FN4O4. The van der Waals surface area contributed by atoms with E-state index in [-0.39, 0.29) is 30.2 Å². The molecule has 1 fully saturated rings. The van der Waals surface area contributed by atoms with E-state index in [1.54, 1.807) is 31.4 Å². The van der Waals surface area contributed by atoms with Gasteiger partial charge in [0, 0.05) is 23.9 Å². The zero-order chi connectivity index (χ0) is 25.3. The highest BCUT2D eigenvalue weighted by molar-refractivity contribution is 6.05. The largest absolute Gasteiger partial charge is 0.496 e. The number of anilines is 1. The Kier molecular flexibility index (Phi) is 6.53. The maximum atomic E-state index is 14.0. The molecule has 0 bridgehead atoms. The third kappa shape index (κ3) is 4.85. The summed E-state index contributed by atoms with van der Waals surface area (Å²) >= 11 is 0. The smallest absolute Gasteiger partial charge is 0.265 e. The fourth-order valence-corrected chi connectivity index (χ4v) is 4.22. The molecule has 1 aliphatic carbocycles. The van der Waals surface area contributed by atoms with Crippen molar-refractivity contribution in [2.75, 3.05) is 26.5 Å². The number of hydrogen-bond acceptors (Lipinski definition) is 5. The second-order valence-corrected chi connectivity index (χ2v) is 8.85. The molecular weight excluding hydrogens is 451 g/mol. The standard InChI is InChI=1S/C26H29FN4O4/c1-14-10-16(28)5-7-17(14)22-19(12-34-2)31-23(24(29)32)21(22)15-4-6-18(20(11-15)35-3)25(33)30-13-26(27)8-9-26/h4-7,10-11,31H,8-9,12-13,28H2,1-3H3,(H2,29,32)(H,30,33). The summed E-state index contributed by atoms with van der Waals surface area (Å²) in [4.78, 5) is 28.3. The molecule has 8 nitrogen and oxygen atoms in total. The summed E-state index contributed by atoms with van der Waals surface area (Å²) in [5.41, 5.74) is 15.8. The maximum absolute atomic E-state index is 14.0. The summed E-state index contributed by atoms with van der Waals surface area (Å²) in [6.45, 7) is 2.10. The van der Waals surface area contributed by atoms with Crippen molar-refractivity contribution in [3.05, 3.63) is 58.9 Å². The van der Waals surface area contributed by atoms with Crippen LogP contribution in [-0.2, 0) is 11.3 Å². The Morgan fingerprint density at radius 3 is 2.49 bits per heavy atom. The molecule has 0 spiro atoms. The van der Waals surface area contributed by atoms with Crippen LogP contribution >= 0.6 is 0 Å². The normalized spacial score (nSPS) is 13.9. The molecule has 2 amide bonds. The lowest BCUT2D eigenvalue weighted by Gasteiger charge is -2.15. The summed E-state index contributed by atoms with van der Waals surface area (Å²) < 4.78 is 24.9. The summed E-state index contributed by atoms with van der Waals surface area (Å²) in [5, 5.41) is 2.63. The topological polar surface area (TPSA) is 132 Å². The van der Waals surface area contributed by atoms with Crippen LogP contribution in [0.4, 0.5) is 10.1 Å². The van der Waals surface area contributed by atoms with E-state index < -0.39 is 17.5 Å². The van der Waals surface area contributed by atoms with Crippen LogP contribution in [-0.4, -0.2) is 43.2 Å². The summed E-state index contributed by atoms with van der Waals surface area (Å²) in [7, 11) is 3.00. The lowest BCUT2D eigenvalue weighted by Crippen LogP contribution is -2.31. The third-order valence-corrected chi connectivity index (χ3v) is 6.23.